The molecule has 0 atom stereocenters. The molecule has 124 valence electrons. The maximum Gasteiger partial charge on any atom is 0.244 e. The summed E-state index contributed by atoms with van der Waals surface area (Å²) in [5.41, 5.74) is 2.13. The third kappa shape index (κ3) is 3.77. The Morgan fingerprint density at radius 3 is 2.57 bits per heavy atom. The molecule has 2 aromatic rings. The van der Waals surface area contributed by atoms with Crippen LogP contribution in [-0.2, 0) is 21.4 Å². The highest BCUT2D eigenvalue weighted by Gasteiger charge is 2.20. The largest absolute Gasteiger partial charge is 0.328 e. The van der Waals surface area contributed by atoms with Crippen molar-refractivity contribution >= 4 is 21.6 Å². The van der Waals surface area contributed by atoms with Crippen molar-refractivity contribution in [3.05, 3.63) is 42.0 Å². The van der Waals surface area contributed by atoms with Gasteiger partial charge in [-0.1, -0.05) is 0 Å². The fourth-order valence-electron chi connectivity index (χ4n) is 2.05. The van der Waals surface area contributed by atoms with E-state index in [1.54, 1.807) is 29.4 Å². The number of carbonyl (C=O) groups excluding carboxylic acids is 1. The number of nitrogens with zero attached hydrogens (tertiary/aromatic N) is 3. The van der Waals surface area contributed by atoms with Gasteiger partial charge >= 0.3 is 0 Å². The number of imidazole rings is 1. The molecule has 1 amide bonds. The van der Waals surface area contributed by atoms with E-state index in [4.69, 9.17) is 0 Å². The number of carbonyl (C=O) groups is 1. The first-order valence-electron chi connectivity index (χ1n) is 7.01. The van der Waals surface area contributed by atoms with Crippen LogP contribution in [0.15, 0.2) is 35.7 Å². The molecule has 8 heteroatoms. The molecule has 1 heterocycles. The summed E-state index contributed by atoms with van der Waals surface area (Å²) in [6.45, 7) is 3.77. The molecule has 0 bridgehead atoms. The predicted octanol–water partition coefficient (Wildman–Crippen LogP) is 1.39. The van der Waals surface area contributed by atoms with Crippen LogP contribution in [0.5, 0.6) is 0 Å². The van der Waals surface area contributed by atoms with E-state index in [1.807, 2.05) is 13.8 Å². The van der Waals surface area contributed by atoms with Crippen LogP contribution < -0.4 is 5.32 Å². The van der Waals surface area contributed by atoms with Crippen LogP contribution in [0.4, 0.5) is 5.69 Å². The van der Waals surface area contributed by atoms with Gasteiger partial charge in [0, 0.05) is 32.2 Å². The van der Waals surface area contributed by atoms with E-state index in [-0.39, 0.29) is 17.3 Å². The molecule has 0 saturated carbocycles. The maximum absolute atomic E-state index is 12.3. The minimum Gasteiger partial charge on any atom is -0.328 e. The Balaban J connectivity index is 2.31. The van der Waals surface area contributed by atoms with Gasteiger partial charge in [0.2, 0.25) is 15.9 Å². The van der Waals surface area contributed by atoms with Crippen molar-refractivity contribution in [3.63, 3.8) is 0 Å². The topological polar surface area (TPSA) is 84.3 Å². The van der Waals surface area contributed by atoms with E-state index in [9.17, 15) is 13.2 Å². The second-order valence-corrected chi connectivity index (χ2v) is 7.64. The number of aromatic nitrogens is 2. The van der Waals surface area contributed by atoms with E-state index in [2.05, 4.69) is 10.3 Å². The fraction of sp³-hybridized carbons (Fsp3) is 0.333. The zero-order valence-electron chi connectivity index (χ0n) is 13.6. The fourth-order valence-corrected chi connectivity index (χ4v) is 3.07. The molecular weight excluding hydrogens is 316 g/mol. The lowest BCUT2D eigenvalue weighted by Gasteiger charge is -2.16. The SMILES string of the molecule is Cc1cc(S(=O)(=O)N(C)C)cc(NC(=O)Cn2ccnc2)c1C. The first kappa shape index (κ1) is 17.2. The second kappa shape index (κ2) is 6.51. The highest BCUT2D eigenvalue weighted by molar-refractivity contribution is 7.89. The molecular formula is C15H20N4O3S. The summed E-state index contributed by atoms with van der Waals surface area (Å²) in [6, 6.07) is 3.10. The number of aryl methyl sites for hydroxylation is 1. The van der Waals surface area contributed by atoms with Gasteiger partial charge in [0.15, 0.2) is 0 Å². The van der Waals surface area contributed by atoms with E-state index >= 15 is 0 Å². The molecule has 1 aromatic carbocycles. The normalized spacial score (nSPS) is 11.7. The zero-order valence-corrected chi connectivity index (χ0v) is 14.4. The summed E-state index contributed by atoms with van der Waals surface area (Å²) >= 11 is 0. The number of anilines is 1. The van der Waals surface area contributed by atoms with Gasteiger partial charge in [-0.15, -0.1) is 0 Å². The third-order valence-electron chi connectivity index (χ3n) is 3.58. The van der Waals surface area contributed by atoms with Crippen LogP contribution in [0.1, 0.15) is 11.1 Å². The molecule has 1 N–H and O–H groups in total. The predicted molar refractivity (Wildman–Crippen MR) is 87.6 cm³/mol. The van der Waals surface area contributed by atoms with Crippen molar-refractivity contribution in [3.8, 4) is 0 Å². The summed E-state index contributed by atoms with van der Waals surface area (Å²) in [7, 11) is -0.609. The highest BCUT2D eigenvalue weighted by Crippen LogP contribution is 2.25. The van der Waals surface area contributed by atoms with Crippen LogP contribution in [0.2, 0.25) is 0 Å². The van der Waals surface area contributed by atoms with Crippen molar-refractivity contribution in [2.75, 3.05) is 19.4 Å². The van der Waals surface area contributed by atoms with Gasteiger partial charge in [0.25, 0.3) is 0 Å². The van der Waals surface area contributed by atoms with Gasteiger partial charge in [-0.3, -0.25) is 4.79 Å². The van der Waals surface area contributed by atoms with E-state index in [0.29, 0.717) is 5.69 Å². The monoisotopic (exact) mass is 336 g/mol. The number of amides is 1. The second-order valence-electron chi connectivity index (χ2n) is 5.48. The summed E-state index contributed by atoms with van der Waals surface area (Å²) in [5.74, 6) is -0.245. The number of sulfonamides is 1. The van der Waals surface area contributed by atoms with Crippen molar-refractivity contribution in [2.24, 2.45) is 0 Å². The van der Waals surface area contributed by atoms with Gasteiger partial charge in [-0.05, 0) is 37.1 Å². The van der Waals surface area contributed by atoms with Crippen molar-refractivity contribution in [2.45, 2.75) is 25.3 Å². The number of hydrogen-bond acceptors (Lipinski definition) is 4. The standard InChI is InChI=1S/C15H20N4O3S/c1-11-7-13(23(21,22)18(3)4)8-14(12(11)2)17-15(20)9-19-6-5-16-10-19/h5-8,10H,9H2,1-4H3,(H,17,20). The average molecular weight is 336 g/mol. The van der Waals surface area contributed by atoms with Crippen molar-refractivity contribution in [1.82, 2.24) is 13.9 Å². The highest BCUT2D eigenvalue weighted by atomic mass is 32.2. The Kier molecular flexibility index (Phi) is 4.86. The van der Waals surface area contributed by atoms with E-state index < -0.39 is 10.0 Å². The summed E-state index contributed by atoms with van der Waals surface area (Å²) in [4.78, 5) is 16.2. The third-order valence-corrected chi connectivity index (χ3v) is 5.37. The van der Waals surface area contributed by atoms with Crippen LogP contribution in [0, 0.1) is 13.8 Å². The molecule has 0 radical (unpaired) electrons. The number of hydrogen-bond donors (Lipinski definition) is 1. The Labute approximate surface area is 136 Å². The molecule has 7 nitrogen and oxygen atoms in total. The maximum atomic E-state index is 12.3. The molecule has 0 unspecified atom stereocenters. The minimum absolute atomic E-state index is 0.114. The van der Waals surface area contributed by atoms with Gasteiger partial charge < -0.3 is 9.88 Å². The van der Waals surface area contributed by atoms with Crippen LogP contribution in [0.25, 0.3) is 0 Å². The molecule has 0 aliphatic carbocycles. The minimum atomic E-state index is -3.56. The van der Waals surface area contributed by atoms with Gasteiger partial charge in [0.05, 0.1) is 11.2 Å². The molecule has 2 rings (SSSR count). The van der Waals surface area contributed by atoms with Gasteiger partial charge in [-0.2, -0.15) is 0 Å². The van der Waals surface area contributed by atoms with Gasteiger partial charge in [-0.25, -0.2) is 17.7 Å². The molecule has 0 fully saturated rings. The summed E-state index contributed by atoms with van der Waals surface area (Å²) in [6.07, 6.45) is 4.82. The molecule has 0 aliphatic heterocycles. The smallest absolute Gasteiger partial charge is 0.244 e. The summed E-state index contributed by atoms with van der Waals surface area (Å²) < 4.78 is 27.4. The van der Waals surface area contributed by atoms with Crippen LogP contribution in [-0.4, -0.2) is 42.3 Å². The van der Waals surface area contributed by atoms with E-state index in [0.717, 1.165) is 15.4 Å². The number of rotatable bonds is 5. The molecule has 0 aliphatic rings. The Hall–Kier alpha value is -2.19. The van der Waals surface area contributed by atoms with Crippen molar-refractivity contribution in [1.29, 1.82) is 0 Å². The number of nitrogens with one attached hydrogen (secondary N) is 1. The first-order chi connectivity index (χ1) is 10.7. The first-order valence-corrected chi connectivity index (χ1v) is 8.45. The molecule has 0 saturated heterocycles. The molecule has 23 heavy (non-hydrogen) atoms. The molecule has 1 aromatic heterocycles. The van der Waals surface area contributed by atoms with Crippen molar-refractivity contribution < 1.29 is 13.2 Å². The Bertz CT molecular complexity index is 811. The quantitative estimate of drug-likeness (QED) is 0.894. The van der Waals surface area contributed by atoms with Gasteiger partial charge in [0.1, 0.15) is 6.54 Å². The lowest BCUT2D eigenvalue weighted by molar-refractivity contribution is -0.116. The zero-order chi connectivity index (χ0) is 17.2. The Morgan fingerprint density at radius 2 is 2.00 bits per heavy atom. The number of benzene rings is 1. The average Bonchev–Trinajstić information content (AvgIpc) is 2.96. The molecule has 0 spiro atoms. The lowest BCUT2D eigenvalue weighted by atomic mass is 10.1. The van der Waals surface area contributed by atoms with Crippen LogP contribution >= 0.6 is 0 Å². The Morgan fingerprint density at radius 1 is 1.30 bits per heavy atom. The summed E-state index contributed by atoms with van der Waals surface area (Å²) in [5, 5.41) is 2.77. The van der Waals surface area contributed by atoms with E-state index in [1.165, 1.54) is 20.2 Å². The van der Waals surface area contributed by atoms with Crippen LogP contribution in [0.3, 0.4) is 0 Å². The lowest BCUT2D eigenvalue weighted by Crippen LogP contribution is -2.23.